The summed E-state index contributed by atoms with van der Waals surface area (Å²) in [5.41, 5.74) is 0.445. The van der Waals surface area contributed by atoms with E-state index in [1.807, 2.05) is 0 Å². The van der Waals surface area contributed by atoms with Gasteiger partial charge in [0, 0.05) is 19.2 Å². The Morgan fingerprint density at radius 2 is 2.43 bits per heavy atom. The molecular formula is C9H13FN2O2. The summed E-state index contributed by atoms with van der Waals surface area (Å²) in [6.45, 7) is 0.867. The summed E-state index contributed by atoms with van der Waals surface area (Å²) in [5, 5.41) is 11.9. The molecular weight excluding hydrogens is 187 g/mol. The number of aromatic nitrogens is 1. The smallest absolute Gasteiger partial charge is 0.142 e. The van der Waals surface area contributed by atoms with Crippen molar-refractivity contribution in [3.8, 4) is 0 Å². The maximum Gasteiger partial charge on any atom is 0.142 e. The highest BCUT2D eigenvalue weighted by molar-refractivity contribution is 5.43. The number of aliphatic hydroxyl groups is 1. The summed E-state index contributed by atoms with van der Waals surface area (Å²) in [6.07, 6.45) is 1.11. The number of nitrogens with one attached hydrogen (secondary N) is 1. The van der Waals surface area contributed by atoms with Gasteiger partial charge in [0.15, 0.2) is 0 Å². The standard InChI is InChI=1S/C9H13FN2O2/c1-14-3-2-11-9-7(6-13)4-8(10)5-12-9/h4-5,13H,2-3,6H2,1H3,(H,11,12). The lowest BCUT2D eigenvalue weighted by Crippen LogP contribution is -2.11. The molecule has 1 aromatic rings. The average Bonchev–Trinajstić information content (AvgIpc) is 2.20. The zero-order chi connectivity index (χ0) is 10.4. The number of rotatable bonds is 5. The molecule has 1 heterocycles. The first-order chi connectivity index (χ1) is 6.77. The fraction of sp³-hybridized carbons (Fsp3) is 0.444. The van der Waals surface area contributed by atoms with Crippen LogP contribution in [0.4, 0.5) is 10.2 Å². The van der Waals surface area contributed by atoms with Crippen molar-refractivity contribution in [3.63, 3.8) is 0 Å². The van der Waals surface area contributed by atoms with Gasteiger partial charge in [0.2, 0.25) is 0 Å². The Morgan fingerprint density at radius 3 is 3.07 bits per heavy atom. The maximum absolute atomic E-state index is 12.7. The van der Waals surface area contributed by atoms with Crippen molar-refractivity contribution >= 4 is 5.82 Å². The largest absolute Gasteiger partial charge is 0.392 e. The monoisotopic (exact) mass is 200 g/mol. The van der Waals surface area contributed by atoms with Gasteiger partial charge in [-0.25, -0.2) is 9.37 Å². The van der Waals surface area contributed by atoms with E-state index in [0.717, 1.165) is 6.20 Å². The van der Waals surface area contributed by atoms with Crippen LogP contribution in [0.25, 0.3) is 0 Å². The number of hydrogen-bond acceptors (Lipinski definition) is 4. The Kier molecular flexibility index (Phi) is 4.28. The van der Waals surface area contributed by atoms with Crippen molar-refractivity contribution in [1.29, 1.82) is 0 Å². The molecule has 0 aliphatic rings. The van der Waals surface area contributed by atoms with E-state index in [1.165, 1.54) is 6.07 Å². The molecule has 0 spiro atoms. The first kappa shape index (κ1) is 10.9. The lowest BCUT2D eigenvalue weighted by Gasteiger charge is -2.08. The molecule has 0 radical (unpaired) electrons. The second-order valence-corrected chi connectivity index (χ2v) is 2.74. The van der Waals surface area contributed by atoms with Crippen LogP contribution in [0.3, 0.4) is 0 Å². The third kappa shape index (κ3) is 2.93. The highest BCUT2D eigenvalue weighted by atomic mass is 19.1. The van der Waals surface area contributed by atoms with E-state index in [1.54, 1.807) is 7.11 Å². The van der Waals surface area contributed by atoms with E-state index >= 15 is 0 Å². The second-order valence-electron chi connectivity index (χ2n) is 2.74. The fourth-order valence-corrected chi connectivity index (χ4v) is 1.03. The zero-order valence-corrected chi connectivity index (χ0v) is 7.96. The number of ether oxygens (including phenoxy) is 1. The van der Waals surface area contributed by atoms with Gasteiger partial charge < -0.3 is 15.2 Å². The molecule has 0 saturated heterocycles. The van der Waals surface area contributed by atoms with Crippen LogP contribution in [0.2, 0.25) is 0 Å². The van der Waals surface area contributed by atoms with E-state index in [4.69, 9.17) is 9.84 Å². The quantitative estimate of drug-likeness (QED) is 0.689. The highest BCUT2D eigenvalue weighted by Crippen LogP contribution is 2.12. The van der Waals surface area contributed by atoms with Crippen LogP contribution in [0.1, 0.15) is 5.56 Å². The average molecular weight is 200 g/mol. The van der Waals surface area contributed by atoms with Gasteiger partial charge in [-0.2, -0.15) is 0 Å². The van der Waals surface area contributed by atoms with Crippen LogP contribution in [0, 0.1) is 5.82 Å². The second kappa shape index (κ2) is 5.51. The predicted molar refractivity (Wildman–Crippen MR) is 50.5 cm³/mol. The minimum atomic E-state index is -0.452. The Bertz CT molecular complexity index is 294. The topological polar surface area (TPSA) is 54.4 Å². The van der Waals surface area contributed by atoms with Gasteiger partial charge in [-0.05, 0) is 6.07 Å². The highest BCUT2D eigenvalue weighted by Gasteiger charge is 2.03. The molecule has 0 aromatic carbocycles. The fourth-order valence-electron chi connectivity index (χ4n) is 1.03. The molecule has 5 heteroatoms. The van der Waals surface area contributed by atoms with Crippen molar-refractivity contribution in [2.24, 2.45) is 0 Å². The Morgan fingerprint density at radius 1 is 1.64 bits per heavy atom. The molecule has 0 aliphatic heterocycles. The lowest BCUT2D eigenvalue weighted by molar-refractivity contribution is 0.210. The first-order valence-electron chi connectivity index (χ1n) is 4.26. The lowest BCUT2D eigenvalue weighted by atomic mass is 10.2. The van der Waals surface area contributed by atoms with Gasteiger partial charge in [-0.15, -0.1) is 0 Å². The van der Waals surface area contributed by atoms with Gasteiger partial charge in [-0.3, -0.25) is 0 Å². The molecule has 1 rings (SSSR count). The SMILES string of the molecule is COCCNc1ncc(F)cc1CO. The minimum absolute atomic E-state index is 0.236. The number of hydrogen-bond donors (Lipinski definition) is 2. The molecule has 0 atom stereocenters. The molecule has 4 nitrogen and oxygen atoms in total. The van der Waals surface area contributed by atoms with E-state index in [9.17, 15) is 4.39 Å². The number of anilines is 1. The van der Waals surface area contributed by atoms with Crippen molar-refractivity contribution < 1.29 is 14.2 Å². The third-order valence-electron chi connectivity index (χ3n) is 1.70. The molecule has 0 aliphatic carbocycles. The van der Waals surface area contributed by atoms with E-state index in [0.29, 0.717) is 24.5 Å². The van der Waals surface area contributed by atoms with Crippen molar-refractivity contribution in [3.05, 3.63) is 23.6 Å². The third-order valence-corrected chi connectivity index (χ3v) is 1.70. The maximum atomic E-state index is 12.7. The normalized spacial score (nSPS) is 10.2. The predicted octanol–water partition coefficient (Wildman–Crippen LogP) is 0.771. The molecule has 1 aromatic heterocycles. The molecule has 0 amide bonds. The Hall–Kier alpha value is -1.20. The summed E-state index contributed by atoms with van der Waals surface area (Å²) in [6, 6.07) is 1.25. The molecule has 0 saturated carbocycles. The summed E-state index contributed by atoms with van der Waals surface area (Å²) in [7, 11) is 1.59. The van der Waals surface area contributed by atoms with Gasteiger partial charge in [0.25, 0.3) is 0 Å². The van der Waals surface area contributed by atoms with Crippen LogP contribution in [-0.2, 0) is 11.3 Å². The van der Waals surface area contributed by atoms with E-state index in [2.05, 4.69) is 10.3 Å². The molecule has 0 unspecified atom stereocenters. The summed E-state index contributed by atoms with van der Waals surface area (Å²) >= 11 is 0. The molecule has 0 bridgehead atoms. The number of methoxy groups -OCH3 is 1. The van der Waals surface area contributed by atoms with Crippen molar-refractivity contribution in [2.75, 3.05) is 25.6 Å². The Balaban J connectivity index is 2.65. The van der Waals surface area contributed by atoms with E-state index < -0.39 is 5.82 Å². The number of nitrogens with zero attached hydrogens (tertiary/aromatic N) is 1. The summed E-state index contributed by atoms with van der Waals surface area (Å²) in [4.78, 5) is 3.82. The molecule has 14 heavy (non-hydrogen) atoms. The summed E-state index contributed by atoms with van der Waals surface area (Å²) in [5.74, 6) is 0.0392. The van der Waals surface area contributed by atoms with Gasteiger partial charge in [0.1, 0.15) is 11.6 Å². The summed E-state index contributed by atoms with van der Waals surface area (Å²) < 4.78 is 17.5. The van der Waals surface area contributed by atoms with Gasteiger partial charge in [-0.1, -0.05) is 0 Å². The minimum Gasteiger partial charge on any atom is -0.392 e. The first-order valence-corrected chi connectivity index (χ1v) is 4.26. The van der Waals surface area contributed by atoms with Crippen molar-refractivity contribution in [2.45, 2.75) is 6.61 Å². The van der Waals surface area contributed by atoms with Crippen LogP contribution >= 0.6 is 0 Å². The van der Waals surface area contributed by atoms with Gasteiger partial charge in [0.05, 0.1) is 19.4 Å². The van der Waals surface area contributed by atoms with E-state index in [-0.39, 0.29) is 6.61 Å². The number of pyridine rings is 1. The van der Waals surface area contributed by atoms with Crippen LogP contribution in [0.5, 0.6) is 0 Å². The molecule has 0 fully saturated rings. The number of aliphatic hydroxyl groups excluding tert-OH is 1. The Labute approximate surface area is 81.7 Å². The van der Waals surface area contributed by atoms with Crippen molar-refractivity contribution in [1.82, 2.24) is 4.98 Å². The van der Waals surface area contributed by atoms with Crippen LogP contribution < -0.4 is 5.32 Å². The number of halogens is 1. The molecule has 78 valence electrons. The van der Waals surface area contributed by atoms with Gasteiger partial charge >= 0.3 is 0 Å². The van der Waals surface area contributed by atoms with Crippen LogP contribution in [-0.4, -0.2) is 30.4 Å². The zero-order valence-electron chi connectivity index (χ0n) is 7.96. The van der Waals surface area contributed by atoms with Crippen LogP contribution in [0.15, 0.2) is 12.3 Å². The molecule has 2 N–H and O–H groups in total.